The van der Waals surface area contributed by atoms with Crippen molar-refractivity contribution in [2.45, 2.75) is 6.92 Å². The van der Waals surface area contributed by atoms with Gasteiger partial charge in [0.1, 0.15) is 12.2 Å². The minimum absolute atomic E-state index is 0.198. The molecule has 1 aliphatic rings. The van der Waals surface area contributed by atoms with Crippen molar-refractivity contribution >= 4 is 23.8 Å². The van der Waals surface area contributed by atoms with Crippen molar-refractivity contribution in [3.8, 4) is 0 Å². The van der Waals surface area contributed by atoms with Gasteiger partial charge in [0.15, 0.2) is 0 Å². The molecule has 5 heteroatoms. The third kappa shape index (κ3) is 2.54. The van der Waals surface area contributed by atoms with Crippen LogP contribution in [0.4, 0.5) is 0 Å². The molecule has 98 valence electrons. The van der Waals surface area contributed by atoms with Crippen LogP contribution >= 0.6 is 0 Å². The highest BCUT2D eigenvalue weighted by atomic mass is 16.2. The summed E-state index contributed by atoms with van der Waals surface area (Å²) in [6.45, 7) is 1.08. The number of rotatable bonds is 1. The quantitative estimate of drug-likeness (QED) is 0.702. The van der Waals surface area contributed by atoms with Gasteiger partial charge in [0, 0.05) is 14.0 Å². The summed E-state index contributed by atoms with van der Waals surface area (Å²) in [5.74, 6) is -1.15. The summed E-state index contributed by atoms with van der Waals surface area (Å²) in [7, 11) is 1.53. The first-order valence-corrected chi connectivity index (χ1v) is 5.86. The normalized spacial score (nSPS) is 18.1. The average Bonchev–Trinajstić information content (AvgIpc) is 2.40. The summed E-state index contributed by atoms with van der Waals surface area (Å²) >= 11 is 0. The van der Waals surface area contributed by atoms with Crippen molar-refractivity contribution in [2.24, 2.45) is 0 Å². The molecular formula is C14H14N2O3. The molecule has 3 amide bonds. The number of nitrogens with zero attached hydrogens (tertiary/aromatic N) is 2. The molecule has 1 fully saturated rings. The molecule has 0 spiro atoms. The molecule has 0 saturated carbocycles. The van der Waals surface area contributed by atoms with E-state index < -0.39 is 11.8 Å². The van der Waals surface area contributed by atoms with E-state index in [1.807, 2.05) is 30.3 Å². The lowest BCUT2D eigenvalue weighted by atomic mass is 10.1. The highest BCUT2D eigenvalue weighted by molar-refractivity contribution is 6.12. The van der Waals surface area contributed by atoms with E-state index in [0.717, 1.165) is 10.5 Å². The van der Waals surface area contributed by atoms with Gasteiger partial charge in [-0.3, -0.25) is 19.3 Å². The van der Waals surface area contributed by atoms with E-state index in [-0.39, 0.29) is 18.1 Å². The number of hydrogen-bond donors (Lipinski definition) is 0. The molecule has 1 heterocycles. The molecule has 2 rings (SSSR count). The maximum Gasteiger partial charge on any atom is 0.277 e. The lowest BCUT2D eigenvalue weighted by molar-refractivity contribution is -0.151. The Balaban J connectivity index is 2.41. The molecule has 19 heavy (non-hydrogen) atoms. The van der Waals surface area contributed by atoms with Crippen LogP contribution in [-0.2, 0) is 14.4 Å². The van der Waals surface area contributed by atoms with Gasteiger partial charge in [-0.05, 0) is 11.6 Å². The van der Waals surface area contributed by atoms with Gasteiger partial charge in [-0.25, -0.2) is 0 Å². The summed E-state index contributed by atoms with van der Waals surface area (Å²) < 4.78 is 0. The number of hydrogen-bond acceptors (Lipinski definition) is 3. The number of carbonyl (C=O) groups excluding carboxylic acids is 3. The van der Waals surface area contributed by atoms with Gasteiger partial charge in [0.25, 0.3) is 5.91 Å². The van der Waals surface area contributed by atoms with Gasteiger partial charge in [-0.2, -0.15) is 0 Å². The summed E-state index contributed by atoms with van der Waals surface area (Å²) in [6.07, 6.45) is 1.61. The van der Waals surface area contributed by atoms with E-state index in [2.05, 4.69) is 0 Å². The molecule has 0 aliphatic carbocycles. The molecule has 0 atom stereocenters. The predicted molar refractivity (Wildman–Crippen MR) is 69.6 cm³/mol. The maximum absolute atomic E-state index is 12.2. The second-order valence-electron chi connectivity index (χ2n) is 4.30. The first-order chi connectivity index (χ1) is 9.00. The number of carbonyl (C=O) groups is 3. The Hall–Kier alpha value is -2.43. The van der Waals surface area contributed by atoms with Crippen LogP contribution in [0.2, 0.25) is 0 Å². The molecule has 0 N–H and O–H groups in total. The van der Waals surface area contributed by atoms with Gasteiger partial charge in [-0.1, -0.05) is 30.3 Å². The number of imide groups is 1. The van der Waals surface area contributed by atoms with E-state index in [1.54, 1.807) is 6.08 Å². The first kappa shape index (κ1) is 13.0. The smallest absolute Gasteiger partial charge is 0.277 e. The topological polar surface area (TPSA) is 57.7 Å². The van der Waals surface area contributed by atoms with Crippen LogP contribution in [0.15, 0.2) is 36.0 Å². The highest BCUT2D eigenvalue weighted by Crippen LogP contribution is 2.17. The predicted octanol–water partition coefficient (Wildman–Crippen LogP) is 0.875. The Kier molecular flexibility index (Phi) is 3.46. The van der Waals surface area contributed by atoms with Crippen molar-refractivity contribution in [1.82, 2.24) is 9.80 Å². The summed E-state index contributed by atoms with van der Waals surface area (Å²) in [5, 5.41) is 0. The Morgan fingerprint density at radius 2 is 1.84 bits per heavy atom. The molecule has 0 radical (unpaired) electrons. The van der Waals surface area contributed by atoms with Crippen molar-refractivity contribution in [3.05, 3.63) is 41.6 Å². The summed E-state index contributed by atoms with van der Waals surface area (Å²) in [6, 6.07) is 9.19. The monoisotopic (exact) mass is 258 g/mol. The van der Waals surface area contributed by atoms with Crippen molar-refractivity contribution in [1.29, 1.82) is 0 Å². The molecule has 5 nitrogen and oxygen atoms in total. The lowest BCUT2D eigenvalue weighted by Gasteiger charge is -2.31. The van der Waals surface area contributed by atoms with Gasteiger partial charge in [0.2, 0.25) is 11.8 Å². The van der Waals surface area contributed by atoms with Crippen LogP contribution in [0.5, 0.6) is 0 Å². The van der Waals surface area contributed by atoms with Crippen LogP contribution in [0.1, 0.15) is 12.5 Å². The standard InChI is InChI=1S/C14H14N2O3/c1-10(17)16-9-13(18)15(2)12(14(16)19)8-11-6-4-3-5-7-11/h3-8H,9H2,1-2H3/b12-8-. The number of benzene rings is 1. The Morgan fingerprint density at radius 3 is 2.42 bits per heavy atom. The van der Waals surface area contributed by atoms with Gasteiger partial charge in [0.05, 0.1) is 0 Å². The third-order valence-electron chi connectivity index (χ3n) is 2.98. The minimum Gasteiger partial charge on any atom is -0.309 e. The van der Waals surface area contributed by atoms with Gasteiger partial charge in [-0.15, -0.1) is 0 Å². The second-order valence-corrected chi connectivity index (χ2v) is 4.30. The van der Waals surface area contributed by atoms with Crippen molar-refractivity contribution in [3.63, 3.8) is 0 Å². The largest absolute Gasteiger partial charge is 0.309 e. The van der Waals surface area contributed by atoms with Crippen molar-refractivity contribution < 1.29 is 14.4 Å². The average molecular weight is 258 g/mol. The molecule has 1 aliphatic heterocycles. The first-order valence-electron chi connectivity index (χ1n) is 5.86. The Morgan fingerprint density at radius 1 is 1.21 bits per heavy atom. The SMILES string of the molecule is CC(=O)N1CC(=O)N(C)/C(=C\c2ccccc2)C1=O. The Bertz CT molecular complexity index is 563. The molecule has 0 unspecified atom stereocenters. The van der Waals surface area contributed by atoms with Crippen LogP contribution in [0.25, 0.3) is 6.08 Å². The van der Waals surface area contributed by atoms with Crippen LogP contribution in [0.3, 0.4) is 0 Å². The molecule has 1 saturated heterocycles. The third-order valence-corrected chi connectivity index (χ3v) is 2.98. The molecule has 1 aromatic rings. The fourth-order valence-corrected chi connectivity index (χ4v) is 1.85. The fraction of sp³-hybridized carbons (Fsp3) is 0.214. The molecule has 1 aromatic carbocycles. The van der Waals surface area contributed by atoms with Gasteiger partial charge >= 0.3 is 0 Å². The summed E-state index contributed by atoms with van der Waals surface area (Å²) in [5.41, 5.74) is 1.01. The van der Waals surface area contributed by atoms with Crippen molar-refractivity contribution in [2.75, 3.05) is 13.6 Å². The Labute approximate surface area is 111 Å². The molecular weight excluding hydrogens is 244 g/mol. The van der Waals surface area contributed by atoms with E-state index >= 15 is 0 Å². The van der Waals surface area contributed by atoms with E-state index in [1.165, 1.54) is 18.9 Å². The summed E-state index contributed by atoms with van der Waals surface area (Å²) in [4.78, 5) is 37.6. The fourth-order valence-electron chi connectivity index (χ4n) is 1.85. The second kappa shape index (κ2) is 5.06. The van der Waals surface area contributed by atoms with Gasteiger partial charge < -0.3 is 4.90 Å². The highest BCUT2D eigenvalue weighted by Gasteiger charge is 2.34. The van der Waals surface area contributed by atoms with Crippen LogP contribution in [0, 0.1) is 0 Å². The number of piperazine rings is 1. The number of amides is 3. The van der Waals surface area contributed by atoms with Crippen LogP contribution < -0.4 is 0 Å². The zero-order valence-corrected chi connectivity index (χ0v) is 10.8. The minimum atomic E-state index is -0.446. The lowest BCUT2D eigenvalue weighted by Crippen LogP contribution is -2.52. The maximum atomic E-state index is 12.2. The van der Waals surface area contributed by atoms with E-state index in [4.69, 9.17) is 0 Å². The van der Waals surface area contributed by atoms with E-state index in [9.17, 15) is 14.4 Å². The molecule has 0 aromatic heterocycles. The zero-order valence-electron chi connectivity index (χ0n) is 10.8. The molecule has 0 bridgehead atoms. The number of likely N-dealkylation sites (N-methyl/N-ethyl adjacent to an activating group) is 1. The zero-order chi connectivity index (χ0) is 14.0. The van der Waals surface area contributed by atoms with Crippen LogP contribution in [-0.4, -0.2) is 41.1 Å². The van der Waals surface area contributed by atoms with E-state index in [0.29, 0.717) is 0 Å².